The van der Waals surface area contributed by atoms with E-state index in [4.69, 9.17) is 0 Å². The number of nitrogens with zero attached hydrogens (tertiary/aromatic N) is 2. The van der Waals surface area contributed by atoms with Gasteiger partial charge >= 0.3 is 0 Å². The van der Waals surface area contributed by atoms with E-state index in [-0.39, 0.29) is 50.1 Å². The van der Waals surface area contributed by atoms with Crippen molar-refractivity contribution in [2.75, 3.05) is 13.1 Å². The molecule has 0 radical (unpaired) electrons. The summed E-state index contributed by atoms with van der Waals surface area (Å²) < 4.78 is 81.9. The molecule has 2 aliphatic heterocycles. The lowest BCUT2D eigenvalue weighted by Crippen LogP contribution is -2.59. The molecule has 4 rings (SSSR count). The maximum Gasteiger partial charge on any atom is 0.238 e. The number of rotatable bonds is 4. The molecule has 0 saturated carbocycles. The van der Waals surface area contributed by atoms with E-state index >= 15 is 0 Å². The van der Waals surface area contributed by atoms with E-state index in [1.807, 2.05) is 0 Å². The summed E-state index contributed by atoms with van der Waals surface area (Å²) in [6.45, 7) is -0.280. The molecule has 0 unspecified atom stereocenters. The highest BCUT2D eigenvalue weighted by Crippen LogP contribution is 2.41. The van der Waals surface area contributed by atoms with E-state index in [0.29, 0.717) is 12.8 Å². The first-order valence-corrected chi connectivity index (χ1v) is 10.5. The zero-order chi connectivity index (χ0) is 23.9. The van der Waals surface area contributed by atoms with Gasteiger partial charge in [0, 0.05) is 37.3 Å². The third-order valence-corrected chi connectivity index (χ3v) is 6.41. The van der Waals surface area contributed by atoms with Gasteiger partial charge in [0.1, 0.15) is 5.41 Å². The van der Waals surface area contributed by atoms with Crippen molar-refractivity contribution in [3.05, 3.63) is 70.3 Å². The van der Waals surface area contributed by atoms with Crippen LogP contribution in [0.3, 0.4) is 0 Å². The SMILES string of the molecule is O=C1N(Cc2ccc(F)c(F)c2F)CCCC12CCCN(Cc1ccc(F)c(F)c1F)C2=O. The molecule has 1 spiro atoms. The second-order valence-corrected chi connectivity index (χ2v) is 8.41. The Balaban J connectivity index is 1.57. The van der Waals surface area contributed by atoms with Gasteiger partial charge in [0.2, 0.25) is 11.8 Å². The van der Waals surface area contributed by atoms with Crippen LogP contribution in [0.15, 0.2) is 24.3 Å². The van der Waals surface area contributed by atoms with Crippen LogP contribution in [-0.4, -0.2) is 34.7 Å². The predicted octanol–water partition coefficient (Wildman–Crippen LogP) is 4.45. The fourth-order valence-electron chi connectivity index (χ4n) is 4.68. The molecular weight excluding hydrogens is 450 g/mol. The molecule has 33 heavy (non-hydrogen) atoms. The van der Waals surface area contributed by atoms with Gasteiger partial charge in [-0.15, -0.1) is 0 Å². The van der Waals surface area contributed by atoms with Crippen molar-refractivity contribution in [3.63, 3.8) is 0 Å². The molecule has 0 N–H and O–H groups in total. The summed E-state index contributed by atoms with van der Waals surface area (Å²) in [5.41, 5.74) is -1.90. The quantitative estimate of drug-likeness (QED) is 0.376. The summed E-state index contributed by atoms with van der Waals surface area (Å²) in [6.07, 6.45) is 1.27. The molecule has 2 aliphatic rings. The highest BCUT2D eigenvalue weighted by atomic mass is 19.2. The van der Waals surface area contributed by atoms with E-state index in [2.05, 4.69) is 0 Å². The van der Waals surface area contributed by atoms with Gasteiger partial charge in [-0.05, 0) is 37.8 Å². The zero-order valence-corrected chi connectivity index (χ0v) is 17.4. The Hall–Kier alpha value is -3.04. The first kappa shape index (κ1) is 23.1. The largest absolute Gasteiger partial charge is 0.337 e. The van der Waals surface area contributed by atoms with Crippen LogP contribution in [-0.2, 0) is 22.7 Å². The minimum atomic E-state index is -1.64. The summed E-state index contributed by atoms with van der Waals surface area (Å²) >= 11 is 0. The van der Waals surface area contributed by atoms with Crippen LogP contribution in [0.5, 0.6) is 0 Å². The van der Waals surface area contributed by atoms with E-state index in [0.717, 1.165) is 24.3 Å². The number of hydrogen-bond donors (Lipinski definition) is 0. The minimum absolute atomic E-state index is 0.199. The minimum Gasteiger partial charge on any atom is -0.337 e. The number of amides is 2. The molecule has 0 bridgehead atoms. The Labute approximate surface area is 185 Å². The highest BCUT2D eigenvalue weighted by molar-refractivity contribution is 6.05. The first-order valence-electron chi connectivity index (χ1n) is 10.5. The molecule has 10 heteroatoms. The van der Waals surface area contributed by atoms with E-state index in [9.17, 15) is 35.9 Å². The normalized spacial score (nSPS) is 18.4. The van der Waals surface area contributed by atoms with Crippen molar-refractivity contribution in [1.82, 2.24) is 9.80 Å². The Morgan fingerprint density at radius 2 is 1.03 bits per heavy atom. The molecule has 176 valence electrons. The fraction of sp³-hybridized carbons (Fsp3) is 0.391. The number of hydrogen-bond acceptors (Lipinski definition) is 2. The highest BCUT2D eigenvalue weighted by Gasteiger charge is 2.53. The van der Waals surface area contributed by atoms with Crippen LogP contribution in [0, 0.1) is 40.3 Å². The molecule has 0 aromatic heterocycles. The zero-order valence-electron chi connectivity index (χ0n) is 17.4. The average Bonchev–Trinajstić information content (AvgIpc) is 2.80. The summed E-state index contributed by atoms with van der Waals surface area (Å²) in [7, 11) is 0. The van der Waals surface area contributed by atoms with Crippen LogP contribution in [0.25, 0.3) is 0 Å². The van der Waals surface area contributed by atoms with Gasteiger partial charge in [0.05, 0.1) is 0 Å². The van der Waals surface area contributed by atoms with Crippen molar-refractivity contribution >= 4 is 11.8 Å². The van der Waals surface area contributed by atoms with Gasteiger partial charge in [-0.1, -0.05) is 12.1 Å². The van der Waals surface area contributed by atoms with Gasteiger partial charge in [0.15, 0.2) is 34.9 Å². The number of halogens is 6. The lowest BCUT2D eigenvalue weighted by Gasteiger charge is -2.46. The fourth-order valence-corrected chi connectivity index (χ4v) is 4.68. The van der Waals surface area contributed by atoms with Crippen LogP contribution in [0.4, 0.5) is 26.3 Å². The molecule has 0 aliphatic carbocycles. The van der Waals surface area contributed by atoms with Crippen molar-refractivity contribution < 1.29 is 35.9 Å². The van der Waals surface area contributed by atoms with Gasteiger partial charge in [0.25, 0.3) is 0 Å². The number of likely N-dealkylation sites (tertiary alicyclic amines) is 2. The Morgan fingerprint density at radius 1 is 0.636 bits per heavy atom. The van der Waals surface area contributed by atoms with Crippen molar-refractivity contribution in [2.24, 2.45) is 5.41 Å². The molecule has 2 fully saturated rings. The molecule has 4 nitrogen and oxygen atoms in total. The smallest absolute Gasteiger partial charge is 0.238 e. The maximum atomic E-state index is 14.1. The average molecular weight is 470 g/mol. The first-order chi connectivity index (χ1) is 15.7. The summed E-state index contributed by atoms with van der Waals surface area (Å²) in [4.78, 5) is 29.2. The molecular formula is C23H20F6N2O2. The molecule has 2 amide bonds. The van der Waals surface area contributed by atoms with Crippen molar-refractivity contribution in [1.29, 1.82) is 0 Å². The molecule has 2 heterocycles. The molecule has 2 aromatic rings. The van der Waals surface area contributed by atoms with Gasteiger partial charge < -0.3 is 9.80 Å². The Kier molecular flexibility index (Phi) is 6.11. The molecule has 2 saturated heterocycles. The monoisotopic (exact) mass is 470 g/mol. The number of benzene rings is 2. The number of carbonyl (C=O) groups excluding carboxylic acids is 2. The third-order valence-electron chi connectivity index (χ3n) is 6.41. The third kappa shape index (κ3) is 3.95. The second-order valence-electron chi connectivity index (χ2n) is 8.41. The van der Waals surface area contributed by atoms with Gasteiger partial charge in [-0.3, -0.25) is 9.59 Å². The van der Waals surface area contributed by atoms with Crippen molar-refractivity contribution in [3.8, 4) is 0 Å². The number of carbonyl (C=O) groups is 2. The summed E-state index contributed by atoms with van der Waals surface area (Å²) in [6, 6.07) is 3.62. The predicted molar refractivity (Wildman–Crippen MR) is 104 cm³/mol. The molecule has 0 atom stereocenters. The van der Waals surface area contributed by atoms with Crippen LogP contribution in [0.1, 0.15) is 36.8 Å². The standard InChI is InChI=1S/C23H20F6N2O2/c24-15-5-3-13(17(26)19(15)28)11-30-9-1-7-23(21(30)32)8-2-10-31(22(23)33)12-14-4-6-16(25)20(29)18(14)27/h3-6H,1-2,7-12H2. The van der Waals surface area contributed by atoms with E-state index in [1.165, 1.54) is 9.80 Å². The van der Waals surface area contributed by atoms with Gasteiger partial charge in [-0.25, -0.2) is 26.3 Å². The van der Waals surface area contributed by atoms with Crippen LogP contribution < -0.4 is 0 Å². The topological polar surface area (TPSA) is 40.6 Å². The van der Waals surface area contributed by atoms with E-state index < -0.39 is 52.1 Å². The summed E-state index contributed by atoms with van der Waals surface area (Å²) in [5.74, 6) is -9.90. The van der Waals surface area contributed by atoms with Crippen LogP contribution >= 0.6 is 0 Å². The van der Waals surface area contributed by atoms with Gasteiger partial charge in [-0.2, -0.15) is 0 Å². The maximum absolute atomic E-state index is 14.1. The van der Waals surface area contributed by atoms with Crippen LogP contribution in [0.2, 0.25) is 0 Å². The lowest BCUT2D eigenvalue weighted by molar-refractivity contribution is -0.165. The summed E-state index contributed by atoms with van der Waals surface area (Å²) in [5, 5.41) is 0. The Morgan fingerprint density at radius 3 is 1.42 bits per heavy atom. The molecule has 2 aromatic carbocycles. The number of piperidine rings is 2. The lowest BCUT2D eigenvalue weighted by atomic mass is 9.72. The van der Waals surface area contributed by atoms with E-state index in [1.54, 1.807) is 0 Å². The second kappa shape index (κ2) is 8.72. The Bertz CT molecular complexity index is 1040. The van der Waals surface area contributed by atoms with Crippen molar-refractivity contribution in [2.45, 2.75) is 38.8 Å².